The molecule has 0 aliphatic carbocycles. The van der Waals surface area contributed by atoms with Crippen molar-refractivity contribution in [2.75, 3.05) is 0 Å². The number of fused-ring (bicyclic) bond motifs is 14. The number of rotatable bonds is 6. The predicted molar refractivity (Wildman–Crippen MR) is 295 cm³/mol. The Kier molecular flexibility index (Phi) is 8.46. The van der Waals surface area contributed by atoms with Crippen LogP contribution in [0.2, 0.25) is 0 Å². The van der Waals surface area contributed by atoms with Crippen molar-refractivity contribution >= 4 is 97.1 Å². The summed E-state index contributed by atoms with van der Waals surface area (Å²) in [5.74, 6) is 0.713. The number of H-pyrrole nitrogens is 1. The van der Waals surface area contributed by atoms with Crippen molar-refractivity contribution in [3.8, 4) is 56.3 Å². The van der Waals surface area contributed by atoms with E-state index in [1.165, 1.54) is 48.1 Å². The van der Waals surface area contributed by atoms with Gasteiger partial charge in [0.05, 0.1) is 54.7 Å². The molecule has 0 saturated carbocycles. The van der Waals surface area contributed by atoms with Gasteiger partial charge in [-0.1, -0.05) is 176 Å². The van der Waals surface area contributed by atoms with Crippen molar-refractivity contribution in [2.24, 2.45) is 0 Å². The highest BCUT2D eigenvalue weighted by Gasteiger charge is 2.26. The standard InChI is InChI=1S/C64H39N5S/c1-5-19-39(20-6-1)49-37-42(58-63-61(48-29-15-18-32-55(48)70-63)67-64(66-58)41-23-9-3-10-24-41)38-50(40-21-7-2-8-22-40)62(49)69-52-31-17-14-28-47(52)57-54(69)36-34-45-44-33-35-53-56(59(44)65-60(45)57)46-27-13-16-30-51(46)68(53)43-25-11-4-12-26-43/h1-38,65H. The third-order valence-corrected chi connectivity index (χ3v) is 15.4. The molecule has 0 spiro atoms. The van der Waals surface area contributed by atoms with E-state index in [0.29, 0.717) is 5.82 Å². The maximum absolute atomic E-state index is 5.50. The molecule has 0 atom stereocenters. The van der Waals surface area contributed by atoms with E-state index in [1.54, 1.807) is 11.3 Å². The van der Waals surface area contributed by atoms with Gasteiger partial charge in [-0.05, 0) is 65.7 Å². The van der Waals surface area contributed by atoms with Crippen LogP contribution >= 0.6 is 11.3 Å². The summed E-state index contributed by atoms with van der Waals surface area (Å²) in [5, 5.41) is 8.40. The molecule has 15 aromatic rings. The van der Waals surface area contributed by atoms with E-state index in [9.17, 15) is 0 Å². The molecule has 0 unspecified atom stereocenters. The van der Waals surface area contributed by atoms with Crippen LogP contribution in [0.15, 0.2) is 231 Å². The van der Waals surface area contributed by atoms with E-state index in [2.05, 4.69) is 239 Å². The molecule has 0 aliphatic heterocycles. The Morgan fingerprint density at radius 2 is 0.857 bits per heavy atom. The van der Waals surface area contributed by atoms with Gasteiger partial charge in [-0.2, -0.15) is 0 Å². The Bertz CT molecular complexity index is 4500. The van der Waals surface area contributed by atoms with Crippen molar-refractivity contribution in [1.29, 1.82) is 0 Å². The minimum atomic E-state index is 0.713. The largest absolute Gasteiger partial charge is 0.353 e. The van der Waals surface area contributed by atoms with Gasteiger partial charge in [0.1, 0.15) is 0 Å². The van der Waals surface area contributed by atoms with Gasteiger partial charge in [0.2, 0.25) is 0 Å². The zero-order chi connectivity index (χ0) is 45.9. The summed E-state index contributed by atoms with van der Waals surface area (Å²) in [6.07, 6.45) is 0. The first-order valence-corrected chi connectivity index (χ1v) is 24.6. The Balaban J connectivity index is 1.06. The fourth-order valence-corrected chi connectivity index (χ4v) is 12.4. The number of benzene rings is 10. The molecule has 0 saturated heterocycles. The highest BCUT2D eigenvalue weighted by atomic mass is 32.1. The smallest absolute Gasteiger partial charge is 0.160 e. The van der Waals surface area contributed by atoms with Crippen molar-refractivity contribution in [2.45, 2.75) is 0 Å². The number of nitrogens with zero attached hydrogens (tertiary/aromatic N) is 4. The van der Waals surface area contributed by atoms with Gasteiger partial charge in [-0.25, -0.2) is 9.97 Å². The fourth-order valence-electron chi connectivity index (χ4n) is 11.2. The van der Waals surface area contributed by atoms with Crippen LogP contribution in [0.4, 0.5) is 0 Å². The predicted octanol–water partition coefficient (Wildman–Crippen LogP) is 17.3. The van der Waals surface area contributed by atoms with E-state index < -0.39 is 0 Å². The average molecular weight is 910 g/mol. The van der Waals surface area contributed by atoms with Crippen molar-refractivity contribution in [1.82, 2.24) is 24.1 Å². The minimum absolute atomic E-state index is 0.713. The molecule has 0 aliphatic rings. The molecule has 0 bridgehead atoms. The summed E-state index contributed by atoms with van der Waals surface area (Å²) in [4.78, 5) is 14.9. The third kappa shape index (κ3) is 5.71. The molecule has 5 aromatic heterocycles. The first-order chi connectivity index (χ1) is 34.7. The normalized spacial score (nSPS) is 12.0. The van der Waals surface area contributed by atoms with Gasteiger partial charge in [0.15, 0.2) is 5.82 Å². The lowest BCUT2D eigenvalue weighted by atomic mass is 9.91. The Hall–Kier alpha value is -9.10. The summed E-state index contributed by atoms with van der Waals surface area (Å²) >= 11 is 1.76. The molecule has 10 aromatic carbocycles. The van der Waals surface area contributed by atoms with Gasteiger partial charge in [-0.3, -0.25) is 0 Å². The van der Waals surface area contributed by atoms with Crippen molar-refractivity contribution < 1.29 is 0 Å². The van der Waals surface area contributed by atoms with Crippen LogP contribution < -0.4 is 0 Å². The molecule has 326 valence electrons. The van der Waals surface area contributed by atoms with Crippen LogP contribution in [0.5, 0.6) is 0 Å². The second-order valence-corrected chi connectivity index (χ2v) is 19.2. The number of hydrogen-bond acceptors (Lipinski definition) is 3. The van der Waals surface area contributed by atoms with Crippen molar-refractivity contribution in [3.63, 3.8) is 0 Å². The van der Waals surface area contributed by atoms with Crippen LogP contribution in [0.3, 0.4) is 0 Å². The summed E-state index contributed by atoms with van der Waals surface area (Å²) in [7, 11) is 0. The van der Waals surface area contributed by atoms with E-state index in [4.69, 9.17) is 9.97 Å². The molecule has 6 heteroatoms. The van der Waals surface area contributed by atoms with E-state index in [0.717, 1.165) is 88.1 Å². The molecule has 5 heterocycles. The number of para-hydroxylation sites is 3. The Labute approximate surface area is 405 Å². The zero-order valence-corrected chi connectivity index (χ0v) is 38.5. The van der Waals surface area contributed by atoms with Gasteiger partial charge >= 0.3 is 0 Å². The van der Waals surface area contributed by atoms with Crippen molar-refractivity contribution in [3.05, 3.63) is 231 Å². The number of aromatic amines is 1. The molecule has 0 radical (unpaired) electrons. The lowest BCUT2D eigenvalue weighted by Gasteiger charge is -2.21. The molecule has 15 rings (SSSR count). The monoisotopic (exact) mass is 909 g/mol. The molecule has 0 fully saturated rings. The summed E-state index contributed by atoms with van der Waals surface area (Å²) < 4.78 is 7.18. The fraction of sp³-hybridized carbons (Fsp3) is 0. The van der Waals surface area contributed by atoms with E-state index in [-0.39, 0.29) is 0 Å². The maximum atomic E-state index is 5.50. The first-order valence-electron chi connectivity index (χ1n) is 23.7. The lowest BCUT2D eigenvalue weighted by molar-refractivity contribution is 1.18. The first kappa shape index (κ1) is 38.9. The van der Waals surface area contributed by atoms with Gasteiger partial charge < -0.3 is 14.1 Å². The summed E-state index contributed by atoms with van der Waals surface area (Å²) in [5.41, 5.74) is 17.6. The lowest BCUT2D eigenvalue weighted by Crippen LogP contribution is -2.02. The number of hydrogen-bond donors (Lipinski definition) is 1. The maximum Gasteiger partial charge on any atom is 0.160 e. The number of nitrogens with one attached hydrogen (secondary N) is 1. The molecular weight excluding hydrogens is 871 g/mol. The Morgan fingerprint density at radius 3 is 1.46 bits per heavy atom. The second-order valence-electron chi connectivity index (χ2n) is 18.1. The van der Waals surface area contributed by atoms with E-state index in [1.807, 2.05) is 6.07 Å². The third-order valence-electron chi connectivity index (χ3n) is 14.3. The molecule has 70 heavy (non-hydrogen) atoms. The Morgan fingerprint density at radius 1 is 0.371 bits per heavy atom. The molecule has 5 nitrogen and oxygen atoms in total. The molecule has 1 N–H and O–H groups in total. The highest BCUT2D eigenvalue weighted by molar-refractivity contribution is 7.26. The number of aromatic nitrogens is 5. The summed E-state index contributed by atoms with van der Waals surface area (Å²) in [6, 6.07) is 83.2. The van der Waals surface area contributed by atoms with Crippen LogP contribution in [0.1, 0.15) is 0 Å². The van der Waals surface area contributed by atoms with Crippen LogP contribution in [0, 0.1) is 0 Å². The SMILES string of the molecule is c1ccc(-c2nc(-c3cc(-c4ccccc4)c(-n4c5ccccc5c5c6[nH]c7c(ccc8c7c7ccccc7n8-c7ccccc7)c6ccc54)c(-c4ccccc4)c3)c3sc4ccccc4c3n2)cc1. The van der Waals surface area contributed by atoms with Crippen LogP contribution in [-0.4, -0.2) is 24.1 Å². The quantitative estimate of drug-likeness (QED) is 0.181. The van der Waals surface area contributed by atoms with Crippen LogP contribution in [-0.2, 0) is 0 Å². The van der Waals surface area contributed by atoms with Gasteiger partial charge in [0.25, 0.3) is 0 Å². The molecular formula is C64H39N5S. The van der Waals surface area contributed by atoms with E-state index >= 15 is 0 Å². The average Bonchev–Trinajstić information content (AvgIpc) is 4.19. The summed E-state index contributed by atoms with van der Waals surface area (Å²) in [6.45, 7) is 0. The highest BCUT2D eigenvalue weighted by Crippen LogP contribution is 2.48. The van der Waals surface area contributed by atoms with Gasteiger partial charge in [-0.15, -0.1) is 11.3 Å². The van der Waals surface area contributed by atoms with Crippen LogP contribution in [0.25, 0.3) is 142 Å². The molecule has 0 amide bonds. The second kappa shape index (κ2) is 15.2. The topological polar surface area (TPSA) is 51.4 Å². The number of thiophene rings is 1. The minimum Gasteiger partial charge on any atom is -0.353 e. The van der Waals surface area contributed by atoms with Gasteiger partial charge in [0, 0.05) is 70.3 Å². The zero-order valence-electron chi connectivity index (χ0n) is 37.6.